The van der Waals surface area contributed by atoms with Gasteiger partial charge in [0.15, 0.2) is 0 Å². The summed E-state index contributed by atoms with van der Waals surface area (Å²) < 4.78 is 0. The smallest absolute Gasteiger partial charge is 0.251 e. The second-order valence-electron chi connectivity index (χ2n) is 6.06. The molecule has 1 aromatic rings. The number of carbonyl (C=O) groups is 1. The van der Waals surface area contributed by atoms with E-state index < -0.39 is 0 Å². The van der Waals surface area contributed by atoms with E-state index in [1.807, 2.05) is 24.3 Å². The maximum atomic E-state index is 12.0. The fourth-order valence-corrected chi connectivity index (χ4v) is 2.70. The highest BCUT2D eigenvalue weighted by atomic mass is 16.1. The van der Waals surface area contributed by atoms with Crippen LogP contribution in [0.25, 0.3) is 0 Å². The Morgan fingerprint density at radius 1 is 1.43 bits per heavy atom. The summed E-state index contributed by atoms with van der Waals surface area (Å²) in [6.45, 7) is 9.47. The standard InChI is InChI=1S/C17H27N3O/c1-4-9-18-17(21)14-6-5-7-15(11-14)19-16-8-10-20(12-16)13(2)3/h5-7,11,13,16,19H,4,8-10,12H2,1-3H3,(H,18,21). The lowest BCUT2D eigenvalue weighted by molar-refractivity contribution is 0.0953. The molecule has 116 valence electrons. The first-order valence-electron chi connectivity index (χ1n) is 7.99. The highest BCUT2D eigenvalue weighted by Crippen LogP contribution is 2.18. The van der Waals surface area contributed by atoms with Crippen LogP contribution in [-0.2, 0) is 0 Å². The van der Waals surface area contributed by atoms with Gasteiger partial charge in [0.2, 0.25) is 0 Å². The van der Waals surface area contributed by atoms with Crippen LogP contribution in [0.15, 0.2) is 24.3 Å². The maximum absolute atomic E-state index is 12.0. The van der Waals surface area contributed by atoms with Crippen LogP contribution in [0.5, 0.6) is 0 Å². The predicted octanol–water partition coefficient (Wildman–Crippen LogP) is 2.72. The van der Waals surface area contributed by atoms with E-state index >= 15 is 0 Å². The van der Waals surface area contributed by atoms with Crippen molar-refractivity contribution in [3.05, 3.63) is 29.8 Å². The number of likely N-dealkylation sites (tertiary alicyclic amines) is 1. The second kappa shape index (κ2) is 7.46. The van der Waals surface area contributed by atoms with Crippen LogP contribution in [0.3, 0.4) is 0 Å². The minimum Gasteiger partial charge on any atom is -0.381 e. The molecule has 4 heteroatoms. The minimum absolute atomic E-state index is 0.00993. The quantitative estimate of drug-likeness (QED) is 0.846. The molecule has 2 N–H and O–H groups in total. The van der Waals surface area contributed by atoms with Crippen LogP contribution in [-0.4, -0.2) is 42.5 Å². The van der Waals surface area contributed by atoms with Crippen molar-refractivity contribution in [2.45, 2.75) is 45.7 Å². The molecule has 1 aliphatic heterocycles. The molecule has 1 heterocycles. The number of anilines is 1. The molecule has 0 aromatic heterocycles. The Labute approximate surface area is 127 Å². The first-order chi connectivity index (χ1) is 10.1. The Morgan fingerprint density at radius 2 is 2.24 bits per heavy atom. The van der Waals surface area contributed by atoms with Crippen LogP contribution >= 0.6 is 0 Å². The number of benzene rings is 1. The van der Waals surface area contributed by atoms with Gasteiger partial charge in [-0.3, -0.25) is 9.69 Å². The molecule has 1 aromatic carbocycles. The summed E-state index contributed by atoms with van der Waals surface area (Å²) in [6.07, 6.45) is 2.11. The van der Waals surface area contributed by atoms with Crippen molar-refractivity contribution in [3.8, 4) is 0 Å². The number of hydrogen-bond donors (Lipinski definition) is 2. The number of hydrogen-bond acceptors (Lipinski definition) is 3. The van der Waals surface area contributed by atoms with Crippen molar-refractivity contribution in [2.24, 2.45) is 0 Å². The number of carbonyl (C=O) groups excluding carboxylic acids is 1. The van der Waals surface area contributed by atoms with Gasteiger partial charge in [0.05, 0.1) is 0 Å². The van der Waals surface area contributed by atoms with Crippen molar-refractivity contribution in [2.75, 3.05) is 25.0 Å². The number of nitrogens with one attached hydrogen (secondary N) is 2. The number of rotatable bonds is 6. The molecule has 21 heavy (non-hydrogen) atoms. The average molecular weight is 289 g/mol. The molecule has 0 bridgehead atoms. The van der Waals surface area contributed by atoms with E-state index in [-0.39, 0.29) is 5.91 Å². The SMILES string of the molecule is CCCNC(=O)c1cccc(NC2CCN(C(C)C)C2)c1. The molecule has 0 aliphatic carbocycles. The summed E-state index contributed by atoms with van der Waals surface area (Å²) in [5.41, 5.74) is 1.77. The molecule has 4 nitrogen and oxygen atoms in total. The van der Waals surface area contributed by atoms with Crippen LogP contribution in [0, 0.1) is 0 Å². The lowest BCUT2D eigenvalue weighted by Crippen LogP contribution is -2.31. The Hall–Kier alpha value is -1.55. The Morgan fingerprint density at radius 3 is 2.90 bits per heavy atom. The lowest BCUT2D eigenvalue weighted by Gasteiger charge is -2.21. The monoisotopic (exact) mass is 289 g/mol. The fraction of sp³-hybridized carbons (Fsp3) is 0.588. The van der Waals surface area contributed by atoms with Crippen LogP contribution in [0.1, 0.15) is 44.0 Å². The third kappa shape index (κ3) is 4.46. The van der Waals surface area contributed by atoms with Gasteiger partial charge in [-0.15, -0.1) is 0 Å². The third-order valence-electron chi connectivity index (χ3n) is 3.98. The molecule has 0 saturated carbocycles. The van der Waals surface area contributed by atoms with E-state index in [1.165, 1.54) is 0 Å². The average Bonchev–Trinajstić information content (AvgIpc) is 2.94. The van der Waals surface area contributed by atoms with Crippen molar-refractivity contribution in [3.63, 3.8) is 0 Å². The summed E-state index contributed by atoms with van der Waals surface area (Å²) in [5, 5.41) is 6.47. The summed E-state index contributed by atoms with van der Waals surface area (Å²) in [6, 6.07) is 8.87. The second-order valence-corrected chi connectivity index (χ2v) is 6.06. The summed E-state index contributed by atoms with van der Waals surface area (Å²) in [7, 11) is 0. The lowest BCUT2D eigenvalue weighted by atomic mass is 10.1. The van der Waals surface area contributed by atoms with Gasteiger partial charge in [0.1, 0.15) is 0 Å². The normalized spacial score (nSPS) is 19.0. The van der Waals surface area contributed by atoms with E-state index in [9.17, 15) is 4.79 Å². The summed E-state index contributed by atoms with van der Waals surface area (Å²) in [4.78, 5) is 14.5. The summed E-state index contributed by atoms with van der Waals surface area (Å²) in [5.74, 6) is 0.00993. The Kier molecular flexibility index (Phi) is 5.62. The highest BCUT2D eigenvalue weighted by molar-refractivity contribution is 5.95. The van der Waals surface area contributed by atoms with Gasteiger partial charge in [-0.05, 0) is 44.9 Å². The van der Waals surface area contributed by atoms with E-state index in [2.05, 4.69) is 36.3 Å². The van der Waals surface area contributed by atoms with Crippen LogP contribution < -0.4 is 10.6 Å². The van der Waals surface area contributed by atoms with Gasteiger partial charge < -0.3 is 10.6 Å². The largest absolute Gasteiger partial charge is 0.381 e. The predicted molar refractivity (Wildman–Crippen MR) is 87.8 cm³/mol. The first kappa shape index (κ1) is 15.8. The first-order valence-corrected chi connectivity index (χ1v) is 7.99. The van der Waals surface area contributed by atoms with Gasteiger partial charge in [0, 0.05) is 43.0 Å². The van der Waals surface area contributed by atoms with Crippen LogP contribution in [0.2, 0.25) is 0 Å². The molecule has 1 aliphatic rings. The van der Waals surface area contributed by atoms with Gasteiger partial charge in [-0.25, -0.2) is 0 Å². The topological polar surface area (TPSA) is 44.4 Å². The highest BCUT2D eigenvalue weighted by Gasteiger charge is 2.23. The molecule has 1 atom stereocenters. The van der Waals surface area contributed by atoms with Crippen molar-refractivity contribution in [1.82, 2.24) is 10.2 Å². The molecule has 1 unspecified atom stereocenters. The van der Waals surface area contributed by atoms with Gasteiger partial charge in [0.25, 0.3) is 5.91 Å². The zero-order valence-electron chi connectivity index (χ0n) is 13.4. The molecule has 1 fully saturated rings. The molecule has 2 rings (SSSR count). The Bertz CT molecular complexity index is 473. The van der Waals surface area contributed by atoms with Crippen LogP contribution in [0.4, 0.5) is 5.69 Å². The Balaban J connectivity index is 1.94. The maximum Gasteiger partial charge on any atom is 0.251 e. The molecule has 0 spiro atoms. The van der Waals surface area contributed by atoms with Gasteiger partial charge in [-0.2, -0.15) is 0 Å². The molecule has 1 saturated heterocycles. The zero-order chi connectivity index (χ0) is 15.2. The molecular formula is C17H27N3O. The number of amides is 1. The van der Waals surface area contributed by atoms with E-state index in [0.29, 0.717) is 12.1 Å². The molecule has 0 radical (unpaired) electrons. The van der Waals surface area contributed by atoms with E-state index in [4.69, 9.17) is 0 Å². The minimum atomic E-state index is 0.00993. The third-order valence-corrected chi connectivity index (χ3v) is 3.98. The van der Waals surface area contributed by atoms with E-state index in [0.717, 1.165) is 43.7 Å². The number of nitrogens with zero attached hydrogens (tertiary/aromatic N) is 1. The van der Waals surface area contributed by atoms with Crippen molar-refractivity contribution >= 4 is 11.6 Å². The van der Waals surface area contributed by atoms with Gasteiger partial charge >= 0.3 is 0 Å². The molecular weight excluding hydrogens is 262 g/mol. The van der Waals surface area contributed by atoms with Gasteiger partial charge in [-0.1, -0.05) is 13.0 Å². The summed E-state index contributed by atoms with van der Waals surface area (Å²) >= 11 is 0. The fourth-order valence-electron chi connectivity index (χ4n) is 2.70. The molecule has 1 amide bonds. The van der Waals surface area contributed by atoms with E-state index in [1.54, 1.807) is 0 Å². The van der Waals surface area contributed by atoms with Crippen molar-refractivity contribution in [1.29, 1.82) is 0 Å². The zero-order valence-corrected chi connectivity index (χ0v) is 13.4. The van der Waals surface area contributed by atoms with Crippen molar-refractivity contribution < 1.29 is 4.79 Å².